The van der Waals surface area contributed by atoms with Gasteiger partial charge in [-0.2, -0.15) is 0 Å². The first-order chi connectivity index (χ1) is 16.0. The molecule has 7 heteroatoms. The molecule has 0 aromatic rings. The zero-order valence-electron chi connectivity index (χ0n) is 20.9. The zero-order valence-corrected chi connectivity index (χ0v) is 20.9. The minimum absolute atomic E-state index is 0.00397. The van der Waals surface area contributed by atoms with Crippen LogP contribution in [0, 0.1) is 28.6 Å². The third kappa shape index (κ3) is 3.75. The zero-order chi connectivity index (χ0) is 24.9. The van der Waals surface area contributed by atoms with E-state index in [-0.39, 0.29) is 35.4 Å². The van der Waals surface area contributed by atoms with Crippen molar-refractivity contribution in [3.63, 3.8) is 0 Å². The van der Waals surface area contributed by atoms with Gasteiger partial charge in [0.25, 0.3) is 0 Å². The van der Waals surface area contributed by atoms with Crippen molar-refractivity contribution >= 4 is 23.5 Å². The first kappa shape index (κ1) is 25.1. The summed E-state index contributed by atoms with van der Waals surface area (Å²) in [5.41, 5.74) is -1.25. The number of fused-ring (bicyclic) bond motifs is 5. The van der Waals surface area contributed by atoms with Gasteiger partial charge in [-0.05, 0) is 74.2 Å². The van der Waals surface area contributed by atoms with Gasteiger partial charge in [0.1, 0.15) is 0 Å². The topological polar surface area (TPSA) is 107 Å². The van der Waals surface area contributed by atoms with E-state index >= 15 is 0 Å². The van der Waals surface area contributed by atoms with Crippen LogP contribution in [0.25, 0.3) is 0 Å². The Morgan fingerprint density at radius 3 is 2.56 bits per heavy atom. The van der Waals surface area contributed by atoms with Crippen LogP contribution in [0.1, 0.15) is 85.5 Å². The molecular formula is C27H38O7. The van der Waals surface area contributed by atoms with E-state index in [1.54, 1.807) is 6.08 Å². The maximum Gasteiger partial charge on any atom is 0.306 e. The summed E-state index contributed by atoms with van der Waals surface area (Å²) < 4.78 is 11.1. The average Bonchev–Trinajstić information content (AvgIpc) is 3.04. The molecule has 3 fully saturated rings. The van der Waals surface area contributed by atoms with Crippen LogP contribution < -0.4 is 0 Å². The summed E-state index contributed by atoms with van der Waals surface area (Å²) in [6.45, 7) is 6.89. The lowest BCUT2D eigenvalue weighted by Crippen LogP contribution is -2.63. The number of ketones is 2. The van der Waals surface area contributed by atoms with Crippen LogP contribution in [0.3, 0.4) is 0 Å². The molecule has 0 saturated heterocycles. The smallest absolute Gasteiger partial charge is 0.306 e. The van der Waals surface area contributed by atoms with E-state index in [1.165, 1.54) is 6.92 Å². The van der Waals surface area contributed by atoms with Gasteiger partial charge in [0.2, 0.25) is 5.78 Å². The molecule has 0 unspecified atom stereocenters. The van der Waals surface area contributed by atoms with Gasteiger partial charge in [0, 0.05) is 25.2 Å². The second-order valence-electron chi connectivity index (χ2n) is 11.4. The Kier molecular flexibility index (Phi) is 6.56. The van der Waals surface area contributed by atoms with E-state index in [0.717, 1.165) is 24.8 Å². The van der Waals surface area contributed by atoms with Gasteiger partial charge in [0.15, 0.2) is 18.0 Å². The van der Waals surface area contributed by atoms with Crippen molar-refractivity contribution in [3.05, 3.63) is 11.6 Å². The quantitative estimate of drug-likeness (QED) is 0.585. The lowest BCUT2D eigenvalue weighted by atomic mass is 9.45. The minimum atomic E-state index is -1.42. The summed E-state index contributed by atoms with van der Waals surface area (Å²) >= 11 is 0. The van der Waals surface area contributed by atoms with Crippen molar-refractivity contribution in [2.75, 3.05) is 6.61 Å². The van der Waals surface area contributed by atoms with Crippen molar-refractivity contribution in [1.29, 1.82) is 0 Å². The number of rotatable bonds is 6. The predicted molar refractivity (Wildman–Crippen MR) is 123 cm³/mol. The first-order valence-electron chi connectivity index (χ1n) is 12.8. The van der Waals surface area contributed by atoms with Crippen LogP contribution in [0.2, 0.25) is 0 Å². The molecule has 0 spiro atoms. The molecule has 4 aliphatic carbocycles. The van der Waals surface area contributed by atoms with Crippen LogP contribution in [0.15, 0.2) is 11.6 Å². The maximum absolute atomic E-state index is 13.6. The standard InChI is InChI=1S/C27H38O7/c1-5-6-23(32)33-15-22(31)27(34-16(2)28)12-10-20-19-8-7-17-13-18(29)9-11-25(17,3)24(19)21(30)14-26(20,27)4/h13,19-21,24,30H,5-12,14-15H2,1-4H3/t19-,20-,21-,24+,25-,26-,27-/m0/s1. The Labute approximate surface area is 201 Å². The average molecular weight is 475 g/mol. The lowest BCUT2D eigenvalue weighted by molar-refractivity contribution is -0.201. The van der Waals surface area contributed by atoms with E-state index in [1.807, 2.05) is 13.8 Å². The number of carbonyl (C=O) groups is 4. The number of hydrogen-bond acceptors (Lipinski definition) is 7. The molecule has 34 heavy (non-hydrogen) atoms. The largest absolute Gasteiger partial charge is 0.457 e. The van der Waals surface area contributed by atoms with E-state index in [2.05, 4.69) is 6.92 Å². The van der Waals surface area contributed by atoms with Crippen LogP contribution >= 0.6 is 0 Å². The van der Waals surface area contributed by atoms with E-state index in [9.17, 15) is 24.3 Å². The third-order valence-electron chi connectivity index (χ3n) is 9.60. The monoisotopic (exact) mass is 474 g/mol. The molecular weight excluding hydrogens is 436 g/mol. The second kappa shape index (κ2) is 8.89. The highest BCUT2D eigenvalue weighted by Crippen LogP contribution is 2.68. The van der Waals surface area contributed by atoms with Gasteiger partial charge < -0.3 is 14.6 Å². The summed E-state index contributed by atoms with van der Waals surface area (Å²) in [5.74, 6) is -0.956. The Morgan fingerprint density at radius 2 is 1.88 bits per heavy atom. The van der Waals surface area contributed by atoms with Crippen molar-refractivity contribution in [2.24, 2.45) is 28.6 Å². The Bertz CT molecular complexity index is 922. The molecule has 3 saturated carbocycles. The van der Waals surface area contributed by atoms with Gasteiger partial charge in [-0.15, -0.1) is 0 Å². The minimum Gasteiger partial charge on any atom is -0.457 e. The van der Waals surface area contributed by atoms with Gasteiger partial charge in [-0.25, -0.2) is 0 Å². The predicted octanol–water partition coefficient (Wildman–Crippen LogP) is 3.70. The molecule has 1 N–H and O–H groups in total. The molecule has 188 valence electrons. The summed E-state index contributed by atoms with van der Waals surface area (Å²) in [6, 6.07) is 0. The summed E-state index contributed by atoms with van der Waals surface area (Å²) in [5, 5.41) is 11.6. The SMILES string of the molecule is CCCC(=O)OCC(=O)[C@@]1(OC(C)=O)CC[C@H]2[C@@H]3CCC4=CC(=O)CC[C@]4(C)[C@H]3[C@@H](O)C[C@@]21C. The number of carbonyl (C=O) groups excluding carboxylic acids is 4. The highest BCUT2D eigenvalue weighted by Gasteiger charge is 2.70. The molecule has 0 amide bonds. The van der Waals surface area contributed by atoms with Gasteiger partial charge in [-0.3, -0.25) is 19.2 Å². The van der Waals surface area contributed by atoms with Crippen LogP contribution in [-0.4, -0.2) is 46.9 Å². The molecule has 4 aliphatic rings. The molecule has 0 aliphatic heterocycles. The molecule has 7 atom stereocenters. The number of allylic oxidation sites excluding steroid dienone is 1. The summed E-state index contributed by atoms with van der Waals surface area (Å²) in [6.07, 6.45) is 6.26. The number of aliphatic hydroxyl groups is 1. The molecule has 0 heterocycles. The van der Waals surface area contributed by atoms with E-state index in [4.69, 9.17) is 9.47 Å². The number of ether oxygens (including phenoxy) is 2. The van der Waals surface area contributed by atoms with Crippen LogP contribution in [0.5, 0.6) is 0 Å². The van der Waals surface area contributed by atoms with Crippen LogP contribution in [0.4, 0.5) is 0 Å². The van der Waals surface area contributed by atoms with E-state index < -0.39 is 41.4 Å². The fourth-order valence-electron chi connectivity index (χ4n) is 8.14. The molecule has 4 rings (SSSR count). The van der Waals surface area contributed by atoms with E-state index in [0.29, 0.717) is 32.1 Å². The first-order valence-corrected chi connectivity index (χ1v) is 12.8. The molecule has 0 bridgehead atoms. The highest BCUT2D eigenvalue weighted by molar-refractivity contribution is 5.93. The normalized spacial score (nSPS) is 41.0. The summed E-state index contributed by atoms with van der Waals surface area (Å²) in [4.78, 5) is 49.8. The maximum atomic E-state index is 13.6. The number of hydrogen-bond donors (Lipinski definition) is 1. The number of aliphatic hydroxyl groups excluding tert-OH is 1. The van der Waals surface area contributed by atoms with Crippen molar-refractivity contribution in [1.82, 2.24) is 0 Å². The Morgan fingerprint density at radius 1 is 1.15 bits per heavy atom. The third-order valence-corrected chi connectivity index (χ3v) is 9.60. The second-order valence-corrected chi connectivity index (χ2v) is 11.4. The fourth-order valence-corrected chi connectivity index (χ4v) is 8.14. The summed E-state index contributed by atoms with van der Waals surface area (Å²) in [7, 11) is 0. The Balaban J connectivity index is 1.67. The van der Waals surface area contributed by atoms with Crippen LogP contribution in [-0.2, 0) is 28.7 Å². The molecule has 0 aromatic carbocycles. The fraction of sp³-hybridized carbons (Fsp3) is 0.778. The number of Topliss-reactive ketones (excluding diaryl/α,β-unsaturated/α-hetero) is 1. The molecule has 7 nitrogen and oxygen atoms in total. The molecule has 0 aromatic heterocycles. The van der Waals surface area contributed by atoms with Crippen molar-refractivity contribution in [3.8, 4) is 0 Å². The molecule has 0 radical (unpaired) electrons. The lowest BCUT2D eigenvalue weighted by Gasteiger charge is -2.60. The Hall–Kier alpha value is -2.02. The highest BCUT2D eigenvalue weighted by atomic mass is 16.6. The number of esters is 2. The van der Waals surface area contributed by atoms with Gasteiger partial charge >= 0.3 is 11.9 Å². The van der Waals surface area contributed by atoms with Crippen molar-refractivity contribution in [2.45, 2.75) is 97.2 Å². The van der Waals surface area contributed by atoms with Crippen molar-refractivity contribution < 1.29 is 33.8 Å². The van der Waals surface area contributed by atoms with Gasteiger partial charge in [0.05, 0.1) is 6.10 Å². The van der Waals surface area contributed by atoms with Gasteiger partial charge in [-0.1, -0.05) is 26.3 Å².